The molecule has 2 aromatic rings. The average molecular weight is 315 g/mol. The van der Waals surface area contributed by atoms with Crippen LogP contribution in [0, 0.1) is 0 Å². The minimum atomic E-state index is -0.384. The molecule has 120 valence electrons. The van der Waals surface area contributed by atoms with Gasteiger partial charge >= 0.3 is 0 Å². The fourth-order valence-corrected chi connectivity index (χ4v) is 1.80. The van der Waals surface area contributed by atoms with E-state index >= 15 is 0 Å². The Labute approximate surface area is 133 Å². The highest BCUT2D eigenvalue weighted by Gasteiger charge is 2.09. The number of nitrogens with one attached hydrogen (secondary N) is 3. The predicted octanol–water partition coefficient (Wildman–Crippen LogP) is 1.25. The standard InChI is InChI=1S/C16H17N3O4/c20-14(18-19-15(21)12-6-2-1-3-7-12)9-4-10-17-16(22)13-8-5-11-23-13/h1-3,5-8,11H,4,9-10H2,(H,17,22)(H,18,20)(H,19,21). The van der Waals surface area contributed by atoms with Crippen LogP contribution in [-0.2, 0) is 4.79 Å². The predicted molar refractivity (Wildman–Crippen MR) is 82.3 cm³/mol. The first-order valence-corrected chi connectivity index (χ1v) is 7.13. The smallest absolute Gasteiger partial charge is 0.286 e. The molecule has 1 heterocycles. The van der Waals surface area contributed by atoms with Gasteiger partial charge in [0.15, 0.2) is 5.76 Å². The first-order chi connectivity index (χ1) is 11.2. The number of amides is 3. The second-order valence-corrected chi connectivity index (χ2v) is 4.71. The number of benzene rings is 1. The molecule has 0 unspecified atom stereocenters. The van der Waals surface area contributed by atoms with Crippen LogP contribution < -0.4 is 16.2 Å². The summed E-state index contributed by atoms with van der Waals surface area (Å²) in [5.41, 5.74) is 5.11. The third-order valence-electron chi connectivity index (χ3n) is 2.96. The molecule has 0 aliphatic heterocycles. The first-order valence-electron chi connectivity index (χ1n) is 7.13. The Hall–Kier alpha value is -3.09. The quantitative estimate of drug-likeness (QED) is 0.551. The molecular formula is C16H17N3O4. The zero-order valence-electron chi connectivity index (χ0n) is 12.4. The van der Waals surface area contributed by atoms with Crippen LogP contribution >= 0.6 is 0 Å². The van der Waals surface area contributed by atoms with Crippen molar-refractivity contribution in [3.8, 4) is 0 Å². The van der Waals surface area contributed by atoms with E-state index in [-0.39, 0.29) is 29.9 Å². The van der Waals surface area contributed by atoms with Crippen molar-refractivity contribution in [1.29, 1.82) is 0 Å². The zero-order valence-corrected chi connectivity index (χ0v) is 12.4. The number of rotatable bonds is 6. The Kier molecular flexibility index (Phi) is 5.93. The zero-order chi connectivity index (χ0) is 16.5. The van der Waals surface area contributed by atoms with Gasteiger partial charge < -0.3 is 9.73 Å². The molecular weight excluding hydrogens is 298 g/mol. The van der Waals surface area contributed by atoms with Crippen LogP contribution in [0.3, 0.4) is 0 Å². The summed E-state index contributed by atoms with van der Waals surface area (Å²) in [6.07, 6.45) is 2.03. The minimum Gasteiger partial charge on any atom is -0.459 e. The van der Waals surface area contributed by atoms with Gasteiger partial charge in [-0.05, 0) is 30.7 Å². The summed E-state index contributed by atoms with van der Waals surface area (Å²) < 4.78 is 4.94. The van der Waals surface area contributed by atoms with Gasteiger partial charge in [0, 0.05) is 18.5 Å². The third-order valence-corrected chi connectivity index (χ3v) is 2.96. The molecule has 0 fully saturated rings. The van der Waals surface area contributed by atoms with Crippen molar-refractivity contribution in [2.75, 3.05) is 6.54 Å². The third kappa shape index (κ3) is 5.31. The maximum Gasteiger partial charge on any atom is 0.286 e. The van der Waals surface area contributed by atoms with Crippen molar-refractivity contribution in [3.05, 3.63) is 60.1 Å². The van der Waals surface area contributed by atoms with Gasteiger partial charge in [-0.1, -0.05) is 18.2 Å². The highest BCUT2D eigenvalue weighted by molar-refractivity contribution is 5.95. The number of hydrogen-bond acceptors (Lipinski definition) is 4. The Morgan fingerprint density at radius 3 is 2.39 bits per heavy atom. The van der Waals surface area contributed by atoms with Crippen LogP contribution in [0.4, 0.5) is 0 Å². The van der Waals surface area contributed by atoms with Gasteiger partial charge in [-0.15, -0.1) is 0 Å². The molecule has 0 spiro atoms. The number of carbonyl (C=O) groups excluding carboxylic acids is 3. The van der Waals surface area contributed by atoms with Crippen molar-refractivity contribution in [3.63, 3.8) is 0 Å². The van der Waals surface area contributed by atoms with Gasteiger partial charge in [0.25, 0.3) is 11.8 Å². The molecule has 0 saturated carbocycles. The summed E-state index contributed by atoms with van der Waals surface area (Å²) in [4.78, 5) is 34.9. The van der Waals surface area contributed by atoms with E-state index in [9.17, 15) is 14.4 Å². The molecule has 23 heavy (non-hydrogen) atoms. The first kappa shape index (κ1) is 16.3. The Morgan fingerprint density at radius 1 is 0.913 bits per heavy atom. The van der Waals surface area contributed by atoms with Crippen molar-refractivity contribution in [1.82, 2.24) is 16.2 Å². The second kappa shape index (κ2) is 8.38. The SMILES string of the molecule is O=C(CCCNC(=O)c1ccco1)NNC(=O)c1ccccc1. The lowest BCUT2D eigenvalue weighted by atomic mass is 10.2. The molecule has 0 saturated heterocycles. The van der Waals surface area contributed by atoms with Crippen molar-refractivity contribution < 1.29 is 18.8 Å². The average Bonchev–Trinajstić information content (AvgIpc) is 3.12. The van der Waals surface area contributed by atoms with Gasteiger partial charge in [0.2, 0.25) is 5.91 Å². The van der Waals surface area contributed by atoms with Crippen molar-refractivity contribution in [2.45, 2.75) is 12.8 Å². The normalized spacial score (nSPS) is 9.91. The lowest BCUT2D eigenvalue weighted by Crippen LogP contribution is -2.41. The van der Waals surface area contributed by atoms with Gasteiger partial charge in [-0.2, -0.15) is 0 Å². The van der Waals surface area contributed by atoms with E-state index in [2.05, 4.69) is 16.2 Å². The van der Waals surface area contributed by atoms with E-state index in [4.69, 9.17) is 4.42 Å². The summed E-state index contributed by atoms with van der Waals surface area (Å²) in [6.45, 7) is 0.333. The number of furan rings is 1. The molecule has 0 atom stereocenters. The largest absolute Gasteiger partial charge is 0.459 e. The molecule has 0 aliphatic carbocycles. The van der Waals surface area contributed by atoms with Gasteiger partial charge in [0.1, 0.15) is 0 Å². The van der Waals surface area contributed by atoms with Crippen LogP contribution in [0.25, 0.3) is 0 Å². The second-order valence-electron chi connectivity index (χ2n) is 4.71. The summed E-state index contributed by atoms with van der Waals surface area (Å²) in [7, 11) is 0. The Balaban J connectivity index is 1.60. The molecule has 2 rings (SSSR count). The van der Waals surface area contributed by atoms with Crippen LogP contribution in [0.2, 0.25) is 0 Å². The summed E-state index contributed by atoms with van der Waals surface area (Å²) in [6, 6.07) is 11.7. The lowest BCUT2D eigenvalue weighted by molar-refractivity contribution is -0.121. The molecule has 1 aromatic heterocycles. The fraction of sp³-hybridized carbons (Fsp3) is 0.188. The molecule has 3 N–H and O–H groups in total. The van der Waals surface area contributed by atoms with Gasteiger partial charge in [0.05, 0.1) is 6.26 Å². The molecule has 1 aromatic carbocycles. The van der Waals surface area contributed by atoms with E-state index in [0.29, 0.717) is 18.5 Å². The molecule has 7 heteroatoms. The van der Waals surface area contributed by atoms with Crippen molar-refractivity contribution in [2.24, 2.45) is 0 Å². The summed E-state index contributed by atoms with van der Waals surface area (Å²) >= 11 is 0. The number of hydrazine groups is 1. The molecule has 0 radical (unpaired) electrons. The van der Waals surface area contributed by atoms with Gasteiger partial charge in [-0.25, -0.2) is 0 Å². The topological polar surface area (TPSA) is 100 Å². The molecule has 7 nitrogen and oxygen atoms in total. The maximum atomic E-state index is 11.7. The van der Waals surface area contributed by atoms with Crippen LogP contribution in [0.5, 0.6) is 0 Å². The van der Waals surface area contributed by atoms with E-state index in [1.54, 1.807) is 42.5 Å². The van der Waals surface area contributed by atoms with Crippen LogP contribution in [0.15, 0.2) is 53.1 Å². The van der Waals surface area contributed by atoms with E-state index in [1.807, 2.05) is 0 Å². The highest BCUT2D eigenvalue weighted by Crippen LogP contribution is 1.99. The van der Waals surface area contributed by atoms with Crippen molar-refractivity contribution >= 4 is 17.7 Å². The van der Waals surface area contributed by atoms with Crippen LogP contribution in [0.1, 0.15) is 33.8 Å². The van der Waals surface area contributed by atoms with E-state index < -0.39 is 0 Å². The summed E-state index contributed by atoms with van der Waals surface area (Å²) in [5.74, 6) is -0.816. The molecule has 0 aliphatic rings. The van der Waals surface area contributed by atoms with Gasteiger partial charge in [-0.3, -0.25) is 25.2 Å². The number of hydrogen-bond donors (Lipinski definition) is 3. The van der Waals surface area contributed by atoms with Crippen LogP contribution in [-0.4, -0.2) is 24.3 Å². The monoisotopic (exact) mass is 315 g/mol. The molecule has 0 bridgehead atoms. The van der Waals surface area contributed by atoms with E-state index in [0.717, 1.165) is 0 Å². The Bertz CT molecular complexity index is 653. The maximum absolute atomic E-state index is 11.7. The van der Waals surface area contributed by atoms with E-state index in [1.165, 1.54) is 6.26 Å². The Morgan fingerprint density at radius 2 is 1.70 bits per heavy atom. The number of carbonyl (C=O) groups is 3. The molecule has 3 amide bonds. The highest BCUT2D eigenvalue weighted by atomic mass is 16.3. The fourth-order valence-electron chi connectivity index (χ4n) is 1.80. The minimum absolute atomic E-state index is 0.174. The lowest BCUT2D eigenvalue weighted by Gasteiger charge is -2.07. The summed E-state index contributed by atoms with van der Waals surface area (Å²) in [5, 5.41) is 2.63.